The number of hydrogen-bond donors (Lipinski definition) is 0. The average molecular weight is 197 g/mol. The van der Waals surface area contributed by atoms with Crippen LogP contribution in [0, 0.1) is 0 Å². The van der Waals surface area contributed by atoms with Gasteiger partial charge in [0.05, 0.1) is 0 Å². The zero-order valence-electron chi connectivity index (χ0n) is 8.26. The van der Waals surface area contributed by atoms with Gasteiger partial charge in [0.25, 0.3) is 5.91 Å². The first-order chi connectivity index (χ1) is 7.36. The quantitative estimate of drug-likeness (QED) is 0.680. The van der Waals surface area contributed by atoms with Gasteiger partial charge in [-0.3, -0.25) is 4.79 Å². The van der Waals surface area contributed by atoms with Gasteiger partial charge < -0.3 is 0 Å². The summed E-state index contributed by atoms with van der Waals surface area (Å²) in [6.07, 6.45) is 8.42. The number of nitrogens with zero attached hydrogens (tertiary/aromatic N) is 1. The number of carbonyl (C=O) groups excluding carboxylic acids is 1. The molecule has 1 aliphatic carbocycles. The van der Waals surface area contributed by atoms with Gasteiger partial charge in [-0.1, -0.05) is 36.4 Å². The summed E-state index contributed by atoms with van der Waals surface area (Å²) in [5.74, 6) is -0.175. The van der Waals surface area contributed by atoms with Crippen molar-refractivity contribution < 1.29 is 4.79 Å². The summed E-state index contributed by atoms with van der Waals surface area (Å²) in [4.78, 5) is 15.7. The van der Waals surface area contributed by atoms with Crippen LogP contribution in [0.15, 0.2) is 59.6 Å². The molecule has 0 fully saturated rings. The lowest BCUT2D eigenvalue weighted by atomic mass is 10.1. The minimum absolute atomic E-state index is 0.175. The first-order valence-electron chi connectivity index (χ1n) is 4.86. The second-order valence-electron chi connectivity index (χ2n) is 3.27. The minimum atomic E-state index is -0.175. The van der Waals surface area contributed by atoms with E-state index in [4.69, 9.17) is 0 Å². The lowest BCUT2D eigenvalue weighted by molar-refractivity contribution is 0.100. The third kappa shape index (κ3) is 2.50. The molecular formula is C13H11NO. The molecule has 1 aromatic rings. The van der Waals surface area contributed by atoms with Crippen molar-refractivity contribution in [1.82, 2.24) is 0 Å². The molecule has 74 valence electrons. The maximum absolute atomic E-state index is 11.7. The Morgan fingerprint density at radius 3 is 2.60 bits per heavy atom. The van der Waals surface area contributed by atoms with E-state index in [0.29, 0.717) is 5.56 Å². The molecule has 15 heavy (non-hydrogen) atoms. The average Bonchev–Trinajstić information content (AvgIpc) is 2.31. The second-order valence-corrected chi connectivity index (χ2v) is 3.27. The third-order valence-electron chi connectivity index (χ3n) is 2.13. The van der Waals surface area contributed by atoms with Gasteiger partial charge in [-0.25, -0.2) is 4.99 Å². The number of hydrogen-bond acceptors (Lipinski definition) is 1. The first-order valence-corrected chi connectivity index (χ1v) is 4.86. The van der Waals surface area contributed by atoms with Crippen molar-refractivity contribution in [3.05, 3.63) is 60.2 Å². The van der Waals surface area contributed by atoms with Gasteiger partial charge in [0, 0.05) is 17.7 Å². The van der Waals surface area contributed by atoms with Gasteiger partial charge in [-0.05, 0) is 18.2 Å². The highest BCUT2D eigenvalue weighted by molar-refractivity contribution is 6.08. The molecular weight excluding hydrogens is 186 g/mol. The Bertz CT molecular complexity index is 441. The van der Waals surface area contributed by atoms with Crippen LogP contribution in [0.25, 0.3) is 0 Å². The Balaban J connectivity index is 2.17. The second kappa shape index (κ2) is 4.51. The standard InChI is InChI=1S/C13H11NO/c15-13(11-7-3-1-4-8-11)14-12-9-5-2-6-10-12/h1-9H,10H2. The first kappa shape index (κ1) is 9.59. The number of aliphatic imine (C=N–C) groups is 1. The summed E-state index contributed by atoms with van der Waals surface area (Å²) in [6, 6.07) is 9.10. The molecule has 1 amide bonds. The van der Waals surface area contributed by atoms with Gasteiger partial charge in [-0.15, -0.1) is 0 Å². The minimum Gasteiger partial charge on any atom is -0.267 e. The highest BCUT2D eigenvalue weighted by atomic mass is 16.1. The van der Waals surface area contributed by atoms with E-state index in [9.17, 15) is 4.79 Å². The molecule has 0 bridgehead atoms. The topological polar surface area (TPSA) is 29.4 Å². The molecule has 2 nitrogen and oxygen atoms in total. The van der Waals surface area contributed by atoms with Crippen LogP contribution in [-0.4, -0.2) is 11.6 Å². The van der Waals surface area contributed by atoms with Crippen LogP contribution in [-0.2, 0) is 0 Å². The molecule has 0 radical (unpaired) electrons. The molecule has 2 heteroatoms. The molecule has 2 rings (SSSR count). The molecule has 0 heterocycles. The molecule has 0 saturated heterocycles. The molecule has 0 aromatic heterocycles. The fourth-order valence-corrected chi connectivity index (χ4v) is 1.36. The van der Waals surface area contributed by atoms with Crippen LogP contribution in [0.2, 0.25) is 0 Å². The van der Waals surface area contributed by atoms with Gasteiger partial charge in [0.1, 0.15) is 0 Å². The number of allylic oxidation sites excluding steroid dienone is 4. The van der Waals surface area contributed by atoms with Crippen molar-refractivity contribution in [2.75, 3.05) is 0 Å². The highest BCUT2D eigenvalue weighted by Crippen LogP contribution is 2.04. The number of benzene rings is 1. The van der Waals surface area contributed by atoms with E-state index in [1.807, 2.05) is 42.5 Å². The summed E-state index contributed by atoms with van der Waals surface area (Å²) < 4.78 is 0. The third-order valence-corrected chi connectivity index (χ3v) is 2.13. The SMILES string of the molecule is O=C(N=C1C=CC=CC1)c1ccccc1. The normalized spacial score (nSPS) is 16.9. The van der Waals surface area contributed by atoms with Crippen molar-refractivity contribution in [3.63, 3.8) is 0 Å². The van der Waals surface area contributed by atoms with Crippen LogP contribution in [0.1, 0.15) is 16.8 Å². The van der Waals surface area contributed by atoms with E-state index in [1.54, 1.807) is 12.1 Å². The predicted octanol–water partition coefficient (Wildman–Crippen LogP) is 2.78. The Labute approximate surface area is 88.7 Å². The summed E-state index contributed by atoms with van der Waals surface area (Å²) in [7, 11) is 0. The molecule has 0 aliphatic heterocycles. The van der Waals surface area contributed by atoms with Crippen LogP contribution in [0.4, 0.5) is 0 Å². The van der Waals surface area contributed by atoms with Crippen molar-refractivity contribution >= 4 is 11.6 Å². The maximum atomic E-state index is 11.7. The maximum Gasteiger partial charge on any atom is 0.277 e. The molecule has 0 saturated carbocycles. The van der Waals surface area contributed by atoms with E-state index in [0.717, 1.165) is 12.1 Å². The molecule has 0 N–H and O–H groups in total. The zero-order valence-corrected chi connectivity index (χ0v) is 8.26. The Hall–Kier alpha value is -1.96. The largest absolute Gasteiger partial charge is 0.277 e. The van der Waals surface area contributed by atoms with Crippen LogP contribution < -0.4 is 0 Å². The zero-order chi connectivity index (χ0) is 10.5. The molecule has 0 atom stereocenters. The van der Waals surface area contributed by atoms with Crippen molar-refractivity contribution in [1.29, 1.82) is 0 Å². The highest BCUT2D eigenvalue weighted by Gasteiger charge is 2.04. The van der Waals surface area contributed by atoms with Crippen molar-refractivity contribution in [3.8, 4) is 0 Å². The lowest BCUT2D eigenvalue weighted by Gasteiger charge is -2.00. The lowest BCUT2D eigenvalue weighted by Crippen LogP contribution is -2.02. The van der Waals surface area contributed by atoms with Crippen LogP contribution >= 0.6 is 0 Å². The van der Waals surface area contributed by atoms with Gasteiger partial charge in [0.15, 0.2) is 0 Å². The van der Waals surface area contributed by atoms with Gasteiger partial charge in [-0.2, -0.15) is 0 Å². The van der Waals surface area contributed by atoms with Crippen LogP contribution in [0.5, 0.6) is 0 Å². The van der Waals surface area contributed by atoms with Crippen molar-refractivity contribution in [2.45, 2.75) is 6.42 Å². The summed E-state index contributed by atoms with van der Waals surface area (Å²) in [6.45, 7) is 0. The summed E-state index contributed by atoms with van der Waals surface area (Å²) in [5, 5.41) is 0. The number of rotatable bonds is 1. The Morgan fingerprint density at radius 1 is 1.13 bits per heavy atom. The van der Waals surface area contributed by atoms with E-state index < -0.39 is 0 Å². The van der Waals surface area contributed by atoms with Gasteiger partial charge in [0.2, 0.25) is 0 Å². The Kier molecular flexibility index (Phi) is 2.88. The number of carbonyl (C=O) groups is 1. The van der Waals surface area contributed by atoms with E-state index in [2.05, 4.69) is 4.99 Å². The fourth-order valence-electron chi connectivity index (χ4n) is 1.36. The van der Waals surface area contributed by atoms with Gasteiger partial charge >= 0.3 is 0 Å². The predicted molar refractivity (Wildman–Crippen MR) is 61.1 cm³/mol. The Morgan fingerprint density at radius 2 is 1.93 bits per heavy atom. The monoisotopic (exact) mass is 197 g/mol. The molecule has 1 aliphatic rings. The van der Waals surface area contributed by atoms with E-state index in [-0.39, 0.29) is 5.91 Å². The molecule has 0 unspecified atom stereocenters. The molecule has 1 aromatic carbocycles. The van der Waals surface area contributed by atoms with Crippen molar-refractivity contribution in [2.24, 2.45) is 4.99 Å². The fraction of sp³-hybridized carbons (Fsp3) is 0.0769. The van der Waals surface area contributed by atoms with E-state index in [1.165, 1.54) is 0 Å². The van der Waals surface area contributed by atoms with Crippen LogP contribution in [0.3, 0.4) is 0 Å². The number of amides is 1. The summed E-state index contributed by atoms with van der Waals surface area (Å²) >= 11 is 0. The van der Waals surface area contributed by atoms with E-state index >= 15 is 0 Å². The molecule has 0 spiro atoms. The summed E-state index contributed by atoms with van der Waals surface area (Å²) in [5.41, 5.74) is 1.44. The smallest absolute Gasteiger partial charge is 0.267 e.